The smallest absolute Gasteiger partial charge is 0.212 e. The molecule has 0 aliphatic carbocycles. The fourth-order valence-corrected chi connectivity index (χ4v) is 4.97. The van der Waals surface area contributed by atoms with Crippen LogP contribution in [0.4, 0.5) is 0 Å². The first-order valence-electron chi connectivity index (χ1n) is 10.2. The predicted molar refractivity (Wildman–Crippen MR) is 130 cm³/mol. The Morgan fingerprint density at radius 3 is 2.27 bits per heavy atom. The number of thioether (sulfide) groups is 1. The third-order valence-electron chi connectivity index (χ3n) is 5.17. The molecule has 8 heteroatoms. The van der Waals surface area contributed by atoms with E-state index in [2.05, 4.69) is 4.98 Å². The molecule has 0 unspecified atom stereocenters. The van der Waals surface area contributed by atoms with Crippen molar-refractivity contribution in [2.24, 2.45) is 0 Å². The molecule has 0 saturated heterocycles. The van der Waals surface area contributed by atoms with Crippen molar-refractivity contribution in [3.05, 3.63) is 124 Å². The van der Waals surface area contributed by atoms with Crippen molar-refractivity contribution in [3.63, 3.8) is 0 Å². The lowest BCUT2D eigenvalue weighted by atomic mass is 9.93. The third kappa shape index (κ3) is 5.50. The van der Waals surface area contributed by atoms with Gasteiger partial charge in [0.15, 0.2) is 5.82 Å². The first-order chi connectivity index (χ1) is 16.0. The number of imidazole rings is 1. The molecular formula is C25H20ClN3O3S. The Bertz CT molecular complexity index is 1230. The van der Waals surface area contributed by atoms with E-state index in [1.165, 1.54) is 11.8 Å². The average Bonchev–Trinajstić information content (AvgIpc) is 3.33. The highest BCUT2D eigenvalue weighted by Crippen LogP contribution is 2.36. The maximum Gasteiger partial charge on any atom is 0.212 e. The summed E-state index contributed by atoms with van der Waals surface area (Å²) in [5, 5.41) is 11.4. The molecule has 4 aromatic rings. The number of benzene rings is 3. The monoisotopic (exact) mass is 477 g/mol. The van der Waals surface area contributed by atoms with Gasteiger partial charge in [0, 0.05) is 32.9 Å². The van der Waals surface area contributed by atoms with Crippen LogP contribution in [-0.2, 0) is 0 Å². The number of halogens is 1. The molecule has 3 aromatic carbocycles. The zero-order valence-corrected chi connectivity index (χ0v) is 19.0. The SMILES string of the molecule is O=C(c1nccn1-c1ccccc1)[C@@H](Sc1ccccc1)[C@H](C[N+](=O)[O-])c1ccc(Cl)cc1. The molecule has 0 bridgehead atoms. The largest absolute Gasteiger partial charge is 0.297 e. The van der Waals surface area contributed by atoms with Gasteiger partial charge in [-0.25, -0.2) is 4.98 Å². The van der Waals surface area contributed by atoms with E-state index in [1.54, 1.807) is 41.2 Å². The lowest BCUT2D eigenvalue weighted by Gasteiger charge is -2.23. The number of nitro groups is 1. The number of carbonyl (C=O) groups excluding carboxylic acids is 1. The van der Waals surface area contributed by atoms with Gasteiger partial charge in [0.05, 0.1) is 11.2 Å². The van der Waals surface area contributed by atoms with Gasteiger partial charge in [-0.3, -0.25) is 19.5 Å². The summed E-state index contributed by atoms with van der Waals surface area (Å²) >= 11 is 7.35. The van der Waals surface area contributed by atoms with Crippen LogP contribution in [-0.4, -0.2) is 32.1 Å². The zero-order chi connectivity index (χ0) is 23.2. The Morgan fingerprint density at radius 2 is 1.64 bits per heavy atom. The second-order valence-corrected chi connectivity index (χ2v) is 9.00. The highest BCUT2D eigenvalue weighted by atomic mass is 35.5. The van der Waals surface area contributed by atoms with Crippen LogP contribution < -0.4 is 0 Å². The van der Waals surface area contributed by atoms with Gasteiger partial charge in [-0.05, 0) is 42.0 Å². The molecular weight excluding hydrogens is 458 g/mol. The molecule has 1 aromatic heterocycles. The molecule has 2 atom stereocenters. The molecule has 0 N–H and O–H groups in total. The lowest BCUT2D eigenvalue weighted by molar-refractivity contribution is -0.483. The number of Topliss-reactive ketones (excluding diaryl/α,β-unsaturated/α-hetero) is 1. The van der Waals surface area contributed by atoms with Gasteiger partial charge >= 0.3 is 0 Å². The molecule has 0 aliphatic rings. The molecule has 0 amide bonds. The van der Waals surface area contributed by atoms with Crippen LogP contribution in [0, 0.1) is 10.1 Å². The highest BCUT2D eigenvalue weighted by molar-refractivity contribution is 8.00. The minimum absolute atomic E-state index is 0.233. The van der Waals surface area contributed by atoms with E-state index in [4.69, 9.17) is 11.6 Å². The number of hydrogen-bond donors (Lipinski definition) is 0. The fourth-order valence-electron chi connectivity index (χ4n) is 3.62. The molecule has 1 heterocycles. The van der Waals surface area contributed by atoms with Crippen LogP contribution in [0.1, 0.15) is 22.1 Å². The topological polar surface area (TPSA) is 78.0 Å². The summed E-state index contributed by atoms with van der Waals surface area (Å²) in [5.74, 6) is -0.729. The molecule has 0 fully saturated rings. The Labute approximate surface area is 200 Å². The van der Waals surface area contributed by atoms with Gasteiger partial charge in [-0.2, -0.15) is 0 Å². The van der Waals surface area contributed by atoms with Gasteiger partial charge in [0.1, 0.15) is 0 Å². The molecule has 33 heavy (non-hydrogen) atoms. The number of para-hydroxylation sites is 1. The molecule has 0 aliphatic heterocycles. The Morgan fingerprint density at radius 1 is 1.00 bits per heavy atom. The van der Waals surface area contributed by atoms with Crippen LogP contribution >= 0.6 is 23.4 Å². The molecule has 166 valence electrons. The second-order valence-electron chi connectivity index (χ2n) is 7.35. The Balaban J connectivity index is 1.79. The van der Waals surface area contributed by atoms with E-state index in [1.807, 2.05) is 60.7 Å². The lowest BCUT2D eigenvalue weighted by Crippen LogP contribution is -2.32. The summed E-state index contributed by atoms with van der Waals surface area (Å²) in [4.78, 5) is 30.4. The van der Waals surface area contributed by atoms with Gasteiger partial charge in [0.25, 0.3) is 0 Å². The van der Waals surface area contributed by atoms with E-state index < -0.39 is 17.7 Å². The summed E-state index contributed by atoms with van der Waals surface area (Å²) in [6.07, 6.45) is 3.28. The van der Waals surface area contributed by atoms with Crippen LogP contribution in [0.15, 0.2) is 102 Å². The predicted octanol–water partition coefficient (Wildman–Crippen LogP) is 5.93. The maximum absolute atomic E-state index is 13.9. The van der Waals surface area contributed by atoms with Crippen LogP contribution in [0.2, 0.25) is 5.02 Å². The third-order valence-corrected chi connectivity index (χ3v) is 6.76. The summed E-state index contributed by atoms with van der Waals surface area (Å²) in [6.45, 7) is -0.399. The minimum atomic E-state index is -0.774. The Kier molecular flexibility index (Phi) is 7.22. The van der Waals surface area contributed by atoms with E-state index in [-0.39, 0.29) is 16.5 Å². The zero-order valence-electron chi connectivity index (χ0n) is 17.5. The quantitative estimate of drug-likeness (QED) is 0.129. The molecule has 0 spiro atoms. The van der Waals surface area contributed by atoms with E-state index in [0.29, 0.717) is 10.6 Å². The molecule has 0 saturated carbocycles. The van der Waals surface area contributed by atoms with E-state index in [9.17, 15) is 14.9 Å². The standard InChI is InChI=1S/C25H20ClN3O3S/c26-19-13-11-18(12-14-19)22(17-29(31)32)24(33-21-9-5-2-6-10-21)23(30)25-27-15-16-28(25)20-7-3-1-4-8-20/h1-16,22,24H,17H2/t22-,24+/m1/s1. The summed E-state index contributed by atoms with van der Waals surface area (Å²) in [5.41, 5.74) is 1.47. The van der Waals surface area contributed by atoms with Crippen molar-refractivity contribution in [3.8, 4) is 5.69 Å². The van der Waals surface area contributed by atoms with E-state index >= 15 is 0 Å². The van der Waals surface area contributed by atoms with Crippen molar-refractivity contribution in [2.45, 2.75) is 16.1 Å². The second kappa shape index (κ2) is 10.5. The van der Waals surface area contributed by atoms with Crippen LogP contribution in [0.25, 0.3) is 5.69 Å². The number of rotatable bonds is 9. The van der Waals surface area contributed by atoms with Crippen molar-refractivity contribution in [2.75, 3.05) is 6.54 Å². The van der Waals surface area contributed by atoms with Gasteiger partial charge in [0.2, 0.25) is 12.3 Å². The summed E-state index contributed by atoms with van der Waals surface area (Å²) in [6, 6.07) is 25.7. The maximum atomic E-state index is 13.9. The fraction of sp³-hybridized carbons (Fsp3) is 0.120. The van der Waals surface area contributed by atoms with Crippen molar-refractivity contribution in [1.29, 1.82) is 0 Å². The first kappa shape index (κ1) is 22.8. The molecule has 0 radical (unpaired) electrons. The normalized spacial score (nSPS) is 12.8. The van der Waals surface area contributed by atoms with Crippen LogP contribution in [0.3, 0.4) is 0 Å². The minimum Gasteiger partial charge on any atom is -0.297 e. The number of nitrogens with zero attached hydrogens (tertiary/aromatic N) is 3. The van der Waals surface area contributed by atoms with E-state index in [0.717, 1.165) is 10.6 Å². The van der Waals surface area contributed by atoms with Gasteiger partial charge in [-0.15, -0.1) is 11.8 Å². The molecule has 6 nitrogen and oxygen atoms in total. The number of carbonyl (C=O) groups is 1. The number of ketones is 1. The Hall–Kier alpha value is -3.42. The summed E-state index contributed by atoms with van der Waals surface area (Å²) < 4.78 is 1.71. The first-order valence-corrected chi connectivity index (χ1v) is 11.5. The van der Waals surface area contributed by atoms with Gasteiger partial charge < -0.3 is 0 Å². The van der Waals surface area contributed by atoms with Gasteiger partial charge in [-0.1, -0.05) is 60.1 Å². The van der Waals surface area contributed by atoms with Crippen LogP contribution in [0.5, 0.6) is 0 Å². The highest BCUT2D eigenvalue weighted by Gasteiger charge is 2.37. The summed E-state index contributed by atoms with van der Waals surface area (Å²) in [7, 11) is 0. The number of aromatic nitrogens is 2. The average molecular weight is 478 g/mol. The molecule has 4 rings (SSSR count). The van der Waals surface area contributed by atoms with Crippen molar-refractivity contribution >= 4 is 29.1 Å². The van der Waals surface area contributed by atoms with Crippen molar-refractivity contribution in [1.82, 2.24) is 9.55 Å². The number of hydrogen-bond acceptors (Lipinski definition) is 5. The van der Waals surface area contributed by atoms with Crippen molar-refractivity contribution < 1.29 is 9.72 Å².